The maximum absolute atomic E-state index is 8.95. The van der Waals surface area contributed by atoms with Crippen LogP contribution in [0.2, 0.25) is 0 Å². The summed E-state index contributed by atoms with van der Waals surface area (Å²) in [6.45, 7) is 3.82. The summed E-state index contributed by atoms with van der Waals surface area (Å²) in [4.78, 5) is 2.29. The minimum Gasteiger partial charge on any atom is -0.371 e. The molecule has 0 saturated carbocycles. The van der Waals surface area contributed by atoms with E-state index >= 15 is 0 Å². The van der Waals surface area contributed by atoms with Crippen molar-refractivity contribution in [2.24, 2.45) is 5.73 Å². The first-order valence-corrected chi connectivity index (χ1v) is 5.65. The predicted molar refractivity (Wildman–Crippen MR) is 65.2 cm³/mol. The third kappa shape index (κ3) is 2.17. The third-order valence-corrected chi connectivity index (χ3v) is 3.28. The second-order valence-electron chi connectivity index (χ2n) is 4.59. The summed E-state index contributed by atoms with van der Waals surface area (Å²) >= 11 is 0. The number of benzene rings is 1. The molecule has 1 aliphatic heterocycles. The number of aryl methyl sites for hydroxylation is 1. The molecule has 84 valence electrons. The molecule has 2 N–H and O–H groups in total. The summed E-state index contributed by atoms with van der Waals surface area (Å²) in [6, 6.07) is 10.7. The van der Waals surface area contributed by atoms with Crippen molar-refractivity contribution in [2.45, 2.75) is 25.3 Å². The van der Waals surface area contributed by atoms with Gasteiger partial charge in [0.2, 0.25) is 0 Å². The maximum atomic E-state index is 8.95. The number of nitrogens with two attached hydrogens (primary N) is 1. The summed E-state index contributed by atoms with van der Waals surface area (Å²) in [6.07, 6.45) is 1.49. The zero-order valence-corrected chi connectivity index (χ0v) is 9.61. The molecule has 2 rings (SSSR count). The van der Waals surface area contributed by atoms with Crippen LogP contribution in [-0.2, 0) is 0 Å². The lowest BCUT2D eigenvalue weighted by atomic mass is 9.90. The molecule has 0 aliphatic carbocycles. The number of rotatable bonds is 1. The van der Waals surface area contributed by atoms with Gasteiger partial charge in [0.15, 0.2) is 0 Å². The van der Waals surface area contributed by atoms with Gasteiger partial charge >= 0.3 is 0 Å². The molecule has 1 aromatic rings. The molecule has 0 atom stereocenters. The Kier molecular flexibility index (Phi) is 2.84. The Bertz CT molecular complexity index is 394. The SMILES string of the molecule is Cc1ccc(N2CCC(N)(C#N)CC2)cc1. The number of piperidine rings is 1. The van der Waals surface area contributed by atoms with Crippen LogP contribution in [0.15, 0.2) is 24.3 Å². The van der Waals surface area contributed by atoms with Gasteiger partial charge in [-0.1, -0.05) is 17.7 Å². The van der Waals surface area contributed by atoms with Crippen molar-refractivity contribution in [3.05, 3.63) is 29.8 Å². The van der Waals surface area contributed by atoms with E-state index in [2.05, 4.69) is 42.2 Å². The average Bonchev–Trinajstić information content (AvgIpc) is 2.32. The Hall–Kier alpha value is -1.53. The van der Waals surface area contributed by atoms with Gasteiger partial charge in [0.25, 0.3) is 0 Å². The van der Waals surface area contributed by atoms with Crippen LogP contribution in [-0.4, -0.2) is 18.6 Å². The van der Waals surface area contributed by atoms with Crippen LogP contribution in [0.3, 0.4) is 0 Å². The topological polar surface area (TPSA) is 53.0 Å². The van der Waals surface area contributed by atoms with Crippen LogP contribution >= 0.6 is 0 Å². The van der Waals surface area contributed by atoms with Gasteiger partial charge in [-0.15, -0.1) is 0 Å². The highest BCUT2D eigenvalue weighted by molar-refractivity contribution is 5.48. The van der Waals surface area contributed by atoms with E-state index in [1.807, 2.05) is 0 Å². The summed E-state index contributed by atoms with van der Waals surface area (Å²) in [7, 11) is 0. The molecule has 0 spiro atoms. The molecule has 0 unspecified atom stereocenters. The molecular formula is C13H17N3. The van der Waals surface area contributed by atoms with Crippen molar-refractivity contribution in [3.8, 4) is 6.07 Å². The third-order valence-electron chi connectivity index (χ3n) is 3.28. The van der Waals surface area contributed by atoms with E-state index in [1.54, 1.807) is 0 Å². The van der Waals surface area contributed by atoms with Crippen LogP contribution in [0.1, 0.15) is 18.4 Å². The summed E-state index contributed by atoms with van der Waals surface area (Å²) in [5.41, 5.74) is 7.82. The lowest BCUT2D eigenvalue weighted by Crippen LogP contribution is -2.49. The number of hydrogen-bond donors (Lipinski definition) is 1. The van der Waals surface area contributed by atoms with E-state index in [1.165, 1.54) is 11.3 Å². The van der Waals surface area contributed by atoms with Crippen molar-refractivity contribution in [1.82, 2.24) is 0 Å². The molecule has 3 heteroatoms. The van der Waals surface area contributed by atoms with Crippen LogP contribution in [0.25, 0.3) is 0 Å². The molecule has 0 radical (unpaired) electrons. The Morgan fingerprint density at radius 2 is 1.81 bits per heavy atom. The van der Waals surface area contributed by atoms with Gasteiger partial charge < -0.3 is 10.6 Å². The van der Waals surface area contributed by atoms with Gasteiger partial charge in [-0.3, -0.25) is 0 Å². The van der Waals surface area contributed by atoms with Crippen LogP contribution in [0.4, 0.5) is 5.69 Å². The fraction of sp³-hybridized carbons (Fsp3) is 0.462. The van der Waals surface area contributed by atoms with Crippen LogP contribution < -0.4 is 10.6 Å². The Morgan fingerprint density at radius 3 is 2.31 bits per heavy atom. The largest absolute Gasteiger partial charge is 0.371 e. The molecule has 0 amide bonds. The quantitative estimate of drug-likeness (QED) is 0.777. The smallest absolute Gasteiger partial charge is 0.107 e. The van der Waals surface area contributed by atoms with E-state index in [4.69, 9.17) is 11.0 Å². The number of nitrogens with zero attached hydrogens (tertiary/aromatic N) is 2. The fourth-order valence-electron chi connectivity index (χ4n) is 2.03. The molecule has 0 aromatic heterocycles. The van der Waals surface area contributed by atoms with Crippen LogP contribution in [0, 0.1) is 18.3 Å². The van der Waals surface area contributed by atoms with E-state index in [-0.39, 0.29) is 0 Å². The maximum Gasteiger partial charge on any atom is 0.107 e. The Balaban J connectivity index is 2.05. The van der Waals surface area contributed by atoms with E-state index in [9.17, 15) is 0 Å². The number of nitriles is 1. The van der Waals surface area contributed by atoms with Crippen molar-refractivity contribution in [1.29, 1.82) is 5.26 Å². The van der Waals surface area contributed by atoms with Gasteiger partial charge in [0.1, 0.15) is 5.54 Å². The molecule has 1 heterocycles. The van der Waals surface area contributed by atoms with Crippen molar-refractivity contribution < 1.29 is 0 Å². The van der Waals surface area contributed by atoms with Gasteiger partial charge in [-0.25, -0.2) is 0 Å². The first kappa shape index (κ1) is 11.0. The molecule has 16 heavy (non-hydrogen) atoms. The van der Waals surface area contributed by atoms with E-state index in [0.717, 1.165) is 25.9 Å². The highest BCUT2D eigenvalue weighted by Crippen LogP contribution is 2.24. The summed E-state index contributed by atoms with van der Waals surface area (Å²) in [5.74, 6) is 0. The average molecular weight is 215 g/mol. The summed E-state index contributed by atoms with van der Waals surface area (Å²) < 4.78 is 0. The van der Waals surface area contributed by atoms with Gasteiger partial charge in [-0.2, -0.15) is 5.26 Å². The van der Waals surface area contributed by atoms with E-state index < -0.39 is 5.54 Å². The molecule has 3 nitrogen and oxygen atoms in total. The van der Waals surface area contributed by atoms with Crippen LogP contribution in [0.5, 0.6) is 0 Å². The first-order valence-electron chi connectivity index (χ1n) is 5.65. The molecule has 1 saturated heterocycles. The lowest BCUT2D eigenvalue weighted by molar-refractivity contribution is 0.415. The zero-order valence-electron chi connectivity index (χ0n) is 9.61. The van der Waals surface area contributed by atoms with Gasteiger partial charge in [-0.05, 0) is 31.9 Å². The molecule has 1 fully saturated rings. The summed E-state index contributed by atoms with van der Waals surface area (Å²) in [5, 5.41) is 8.95. The normalized spacial score (nSPS) is 19.2. The van der Waals surface area contributed by atoms with Gasteiger partial charge in [0.05, 0.1) is 6.07 Å². The molecule has 1 aromatic carbocycles. The minimum absolute atomic E-state index is 0.610. The highest BCUT2D eigenvalue weighted by atomic mass is 15.1. The van der Waals surface area contributed by atoms with Gasteiger partial charge in [0, 0.05) is 18.8 Å². The highest BCUT2D eigenvalue weighted by Gasteiger charge is 2.30. The lowest BCUT2D eigenvalue weighted by Gasteiger charge is -2.36. The Morgan fingerprint density at radius 1 is 1.25 bits per heavy atom. The standard InChI is InChI=1S/C13H17N3/c1-11-2-4-12(5-3-11)16-8-6-13(15,10-14)7-9-16/h2-5H,6-9,15H2,1H3. The number of anilines is 1. The monoisotopic (exact) mass is 215 g/mol. The van der Waals surface area contributed by atoms with Crippen molar-refractivity contribution >= 4 is 5.69 Å². The zero-order chi connectivity index (χ0) is 11.6. The molecule has 0 bridgehead atoms. The minimum atomic E-state index is -0.610. The molecule has 1 aliphatic rings. The Labute approximate surface area is 96.5 Å². The number of hydrogen-bond acceptors (Lipinski definition) is 3. The van der Waals surface area contributed by atoms with E-state index in [0.29, 0.717) is 0 Å². The molecular weight excluding hydrogens is 198 g/mol. The van der Waals surface area contributed by atoms with Crippen molar-refractivity contribution in [3.63, 3.8) is 0 Å². The second-order valence-corrected chi connectivity index (χ2v) is 4.59. The fourth-order valence-corrected chi connectivity index (χ4v) is 2.03. The second kappa shape index (κ2) is 4.15. The predicted octanol–water partition coefficient (Wildman–Crippen LogP) is 1.82. The first-order chi connectivity index (χ1) is 7.63. The van der Waals surface area contributed by atoms with Crippen molar-refractivity contribution in [2.75, 3.05) is 18.0 Å².